The van der Waals surface area contributed by atoms with Crippen molar-refractivity contribution in [3.8, 4) is 0 Å². The average molecular weight is 1080 g/mol. The molecule has 444 valence electrons. The summed E-state index contributed by atoms with van der Waals surface area (Å²) < 4.78 is 16.9. The van der Waals surface area contributed by atoms with Gasteiger partial charge in [-0.25, -0.2) is 0 Å². The average Bonchev–Trinajstić information content (AvgIpc) is 3.44. The highest BCUT2D eigenvalue weighted by atomic mass is 16.6. The topological polar surface area (TPSA) is 78.9 Å². The Balaban J connectivity index is 4.25. The monoisotopic (exact) mass is 1080 g/mol. The predicted octanol–water partition coefficient (Wildman–Crippen LogP) is 22.4. The summed E-state index contributed by atoms with van der Waals surface area (Å²) in [6.07, 6.45) is 90.7. The highest BCUT2D eigenvalue weighted by Crippen LogP contribution is 2.15. The first-order valence-electron chi connectivity index (χ1n) is 32.5. The molecule has 0 radical (unpaired) electrons. The van der Waals surface area contributed by atoms with Crippen molar-refractivity contribution in [2.45, 2.75) is 303 Å². The number of carbonyl (C=O) groups excluding carboxylic acids is 3. The molecular formula is C72H120O6. The van der Waals surface area contributed by atoms with Gasteiger partial charge in [-0.2, -0.15) is 0 Å². The van der Waals surface area contributed by atoms with Gasteiger partial charge in [0.25, 0.3) is 0 Å². The van der Waals surface area contributed by atoms with Gasteiger partial charge in [0.15, 0.2) is 6.10 Å². The molecule has 0 aromatic rings. The molecule has 0 rings (SSSR count). The summed E-state index contributed by atoms with van der Waals surface area (Å²) in [5.41, 5.74) is 0. The van der Waals surface area contributed by atoms with Crippen LogP contribution in [0.3, 0.4) is 0 Å². The van der Waals surface area contributed by atoms with Gasteiger partial charge in [-0.05, 0) is 116 Å². The molecule has 0 aliphatic carbocycles. The van der Waals surface area contributed by atoms with E-state index in [-0.39, 0.29) is 31.1 Å². The lowest BCUT2D eigenvalue weighted by atomic mass is 10.1. The second kappa shape index (κ2) is 65.3. The van der Waals surface area contributed by atoms with Gasteiger partial charge < -0.3 is 14.2 Å². The number of unbranched alkanes of at least 4 members (excludes halogenated alkanes) is 27. The van der Waals surface area contributed by atoms with Gasteiger partial charge >= 0.3 is 17.9 Å². The van der Waals surface area contributed by atoms with Gasteiger partial charge in [0.2, 0.25) is 0 Å². The lowest BCUT2D eigenvalue weighted by Crippen LogP contribution is -2.30. The quantitative estimate of drug-likeness (QED) is 0.0261. The third-order valence-electron chi connectivity index (χ3n) is 13.7. The van der Waals surface area contributed by atoms with E-state index in [1.165, 1.54) is 122 Å². The Kier molecular flexibility index (Phi) is 61.8. The number of hydrogen-bond donors (Lipinski definition) is 0. The number of carbonyl (C=O) groups is 3. The smallest absolute Gasteiger partial charge is 0.306 e. The van der Waals surface area contributed by atoms with E-state index in [0.717, 1.165) is 135 Å². The summed E-state index contributed by atoms with van der Waals surface area (Å²) in [5.74, 6) is -0.908. The highest BCUT2D eigenvalue weighted by Gasteiger charge is 2.19. The molecule has 0 bridgehead atoms. The fourth-order valence-electron chi connectivity index (χ4n) is 8.84. The zero-order valence-electron chi connectivity index (χ0n) is 50.9. The maximum Gasteiger partial charge on any atom is 0.306 e. The van der Waals surface area contributed by atoms with Crippen molar-refractivity contribution >= 4 is 17.9 Å². The van der Waals surface area contributed by atoms with E-state index in [4.69, 9.17) is 14.2 Å². The van der Waals surface area contributed by atoms with Gasteiger partial charge in [-0.3, -0.25) is 14.4 Å². The van der Waals surface area contributed by atoms with Crippen molar-refractivity contribution < 1.29 is 28.6 Å². The molecule has 0 aromatic carbocycles. The molecule has 0 aliphatic heterocycles. The Morgan fingerprint density at radius 1 is 0.269 bits per heavy atom. The van der Waals surface area contributed by atoms with Crippen LogP contribution < -0.4 is 0 Å². The van der Waals surface area contributed by atoms with Crippen LogP contribution in [0.25, 0.3) is 0 Å². The van der Waals surface area contributed by atoms with Gasteiger partial charge in [0, 0.05) is 19.3 Å². The minimum Gasteiger partial charge on any atom is -0.462 e. The Morgan fingerprint density at radius 3 is 0.795 bits per heavy atom. The number of ether oxygens (including phenoxy) is 3. The lowest BCUT2D eigenvalue weighted by molar-refractivity contribution is -0.167. The molecule has 0 saturated heterocycles. The Bertz CT molecular complexity index is 1620. The first-order chi connectivity index (χ1) is 38.5. The fourth-order valence-corrected chi connectivity index (χ4v) is 8.84. The molecule has 0 saturated carbocycles. The maximum atomic E-state index is 12.9. The molecule has 6 nitrogen and oxygen atoms in total. The van der Waals surface area contributed by atoms with Crippen LogP contribution in [0.5, 0.6) is 0 Å². The second-order valence-electron chi connectivity index (χ2n) is 21.3. The van der Waals surface area contributed by atoms with Crippen LogP contribution in [0.4, 0.5) is 0 Å². The normalized spacial score (nSPS) is 12.9. The number of esters is 3. The molecule has 6 heteroatoms. The Labute approximate surface area is 482 Å². The summed E-state index contributed by atoms with van der Waals surface area (Å²) in [6, 6.07) is 0. The van der Waals surface area contributed by atoms with Crippen molar-refractivity contribution in [3.05, 3.63) is 122 Å². The van der Waals surface area contributed by atoms with Crippen LogP contribution in [-0.4, -0.2) is 37.2 Å². The highest BCUT2D eigenvalue weighted by molar-refractivity contribution is 5.71. The molecule has 0 amide bonds. The summed E-state index contributed by atoms with van der Waals surface area (Å²) >= 11 is 0. The van der Waals surface area contributed by atoms with E-state index < -0.39 is 6.10 Å². The van der Waals surface area contributed by atoms with E-state index >= 15 is 0 Å². The molecule has 1 atom stereocenters. The zero-order valence-corrected chi connectivity index (χ0v) is 50.9. The Morgan fingerprint density at radius 2 is 0.500 bits per heavy atom. The van der Waals surface area contributed by atoms with E-state index in [1.807, 2.05) is 0 Å². The molecule has 0 heterocycles. The van der Waals surface area contributed by atoms with Gasteiger partial charge in [0.1, 0.15) is 13.2 Å². The number of hydrogen-bond acceptors (Lipinski definition) is 6. The molecule has 0 spiro atoms. The summed E-state index contributed by atoms with van der Waals surface area (Å²) in [6.45, 7) is 6.50. The third kappa shape index (κ3) is 62.7. The van der Waals surface area contributed by atoms with Gasteiger partial charge in [0.05, 0.1) is 0 Å². The number of allylic oxidation sites excluding steroid dienone is 20. The van der Waals surface area contributed by atoms with Gasteiger partial charge in [-0.1, -0.05) is 284 Å². The third-order valence-corrected chi connectivity index (χ3v) is 13.7. The van der Waals surface area contributed by atoms with E-state index in [9.17, 15) is 14.4 Å². The van der Waals surface area contributed by atoms with E-state index in [1.54, 1.807) is 0 Å². The second-order valence-corrected chi connectivity index (χ2v) is 21.3. The molecular weight excluding hydrogens is 961 g/mol. The SMILES string of the molecule is CC/C=C\C/C=C\C/C=C\C/C=C\C/C=C\C/C=C\C/C=C\C/C=C\C/C=C\CCCCCCCC(=O)OCC(COC(=O)CCCCCCCCCCC)OC(=O)CCCCCCCCC/C=C\CCCCCCCCC. The fraction of sp³-hybridized carbons (Fsp3) is 0.681. The summed E-state index contributed by atoms with van der Waals surface area (Å²) in [4.78, 5) is 38.2. The molecule has 1 unspecified atom stereocenters. The van der Waals surface area contributed by atoms with Crippen LogP contribution in [0.1, 0.15) is 297 Å². The van der Waals surface area contributed by atoms with Crippen LogP contribution in [0, 0.1) is 0 Å². The number of rotatable bonds is 58. The zero-order chi connectivity index (χ0) is 56.4. The molecule has 0 aromatic heterocycles. The van der Waals surface area contributed by atoms with Crippen LogP contribution in [0.2, 0.25) is 0 Å². The van der Waals surface area contributed by atoms with Crippen molar-refractivity contribution in [3.63, 3.8) is 0 Å². The van der Waals surface area contributed by atoms with Crippen LogP contribution in [0.15, 0.2) is 122 Å². The molecule has 78 heavy (non-hydrogen) atoms. The van der Waals surface area contributed by atoms with Crippen molar-refractivity contribution in [1.29, 1.82) is 0 Å². The Hall–Kier alpha value is -4.19. The van der Waals surface area contributed by atoms with Crippen LogP contribution in [-0.2, 0) is 28.6 Å². The summed E-state index contributed by atoms with van der Waals surface area (Å²) in [5, 5.41) is 0. The van der Waals surface area contributed by atoms with E-state index in [0.29, 0.717) is 19.3 Å². The van der Waals surface area contributed by atoms with E-state index in [2.05, 4.69) is 142 Å². The standard InChI is InChI=1S/C72H120O6/c1-4-7-10-13-16-19-21-23-25-27-29-30-31-32-33-34-35-36-37-38-39-40-41-42-43-45-46-48-50-53-56-59-62-65-71(74)77-68-69(67-76-70(73)64-61-58-55-52-18-15-12-9-6-3)78-72(75)66-63-60-57-54-51-49-47-44-28-26-24-22-20-17-14-11-8-5-2/h7,10,16,19,23,25-26,28-30,32-33,35-36,38-39,41-42,45-46,69H,4-6,8-9,11-15,17-18,20-22,24,27,31,34,37,40,43-44,47-68H2,1-3H3/b10-7-,19-16-,25-23-,28-26-,30-29-,33-32-,36-35-,39-38-,42-41-,46-45-. The molecule has 0 N–H and O–H groups in total. The minimum atomic E-state index is -0.789. The minimum absolute atomic E-state index is 0.0853. The first-order valence-corrected chi connectivity index (χ1v) is 32.5. The first kappa shape index (κ1) is 73.8. The van der Waals surface area contributed by atoms with Crippen molar-refractivity contribution in [1.82, 2.24) is 0 Å². The lowest BCUT2D eigenvalue weighted by Gasteiger charge is -2.18. The summed E-state index contributed by atoms with van der Waals surface area (Å²) in [7, 11) is 0. The van der Waals surface area contributed by atoms with Crippen molar-refractivity contribution in [2.75, 3.05) is 13.2 Å². The van der Waals surface area contributed by atoms with Crippen LogP contribution >= 0.6 is 0 Å². The van der Waals surface area contributed by atoms with Crippen molar-refractivity contribution in [2.24, 2.45) is 0 Å². The van der Waals surface area contributed by atoms with Gasteiger partial charge in [-0.15, -0.1) is 0 Å². The molecule has 0 fully saturated rings. The molecule has 0 aliphatic rings. The largest absolute Gasteiger partial charge is 0.462 e. The maximum absolute atomic E-state index is 12.9. The predicted molar refractivity (Wildman–Crippen MR) is 339 cm³/mol.